The van der Waals surface area contributed by atoms with Crippen molar-refractivity contribution in [2.45, 2.75) is 64.5 Å². The molecule has 182 valence electrons. The van der Waals surface area contributed by atoms with Gasteiger partial charge in [-0.3, -0.25) is 9.79 Å². The minimum atomic E-state index is -3.31. The van der Waals surface area contributed by atoms with Gasteiger partial charge in [0.25, 0.3) is 0 Å². The molecule has 2 fully saturated rings. The summed E-state index contributed by atoms with van der Waals surface area (Å²) in [5, 5.41) is 6.35. The number of sulfonamides is 1. The number of nitrogens with zero attached hydrogens (tertiary/aromatic N) is 3. The molecule has 9 nitrogen and oxygen atoms in total. The van der Waals surface area contributed by atoms with Crippen molar-refractivity contribution in [1.29, 1.82) is 0 Å². The number of carbonyl (C=O) groups is 1. The molecule has 2 aliphatic rings. The van der Waals surface area contributed by atoms with Gasteiger partial charge in [0.2, 0.25) is 15.9 Å². The Morgan fingerprint density at radius 2 is 1.77 bits per heavy atom. The van der Waals surface area contributed by atoms with Crippen LogP contribution in [0.5, 0.6) is 0 Å². The Labute approximate surface area is 204 Å². The monoisotopic (exact) mass is 573 g/mol. The highest BCUT2D eigenvalue weighted by Gasteiger charge is 2.28. The zero-order chi connectivity index (χ0) is 22.0. The van der Waals surface area contributed by atoms with Gasteiger partial charge >= 0.3 is 0 Å². The van der Waals surface area contributed by atoms with Gasteiger partial charge in [-0.05, 0) is 26.7 Å². The largest absolute Gasteiger partial charge is 0.378 e. The minimum Gasteiger partial charge on any atom is -0.378 e. The Morgan fingerprint density at radius 3 is 2.35 bits per heavy atom. The molecule has 0 atom stereocenters. The SMILES string of the molecule is CN=C(NCCC(=O)NC1CCCCC1)N1CCN(S(=O)(=O)CCOC(C)C)CC1.I. The lowest BCUT2D eigenvalue weighted by Crippen LogP contribution is -2.54. The lowest BCUT2D eigenvalue weighted by atomic mass is 9.95. The molecular weight excluding hydrogens is 533 g/mol. The van der Waals surface area contributed by atoms with Crippen LogP contribution in [0.3, 0.4) is 0 Å². The Morgan fingerprint density at radius 1 is 1.13 bits per heavy atom. The fourth-order valence-corrected chi connectivity index (χ4v) is 5.15. The summed E-state index contributed by atoms with van der Waals surface area (Å²) in [6.07, 6.45) is 6.25. The van der Waals surface area contributed by atoms with Crippen LogP contribution in [0.15, 0.2) is 4.99 Å². The number of hydrogen-bond acceptors (Lipinski definition) is 5. The lowest BCUT2D eigenvalue weighted by Gasteiger charge is -2.35. The maximum absolute atomic E-state index is 12.5. The fourth-order valence-electron chi connectivity index (χ4n) is 3.86. The van der Waals surface area contributed by atoms with Crippen molar-refractivity contribution in [2.75, 3.05) is 52.1 Å². The Bertz CT molecular complexity index is 660. The molecule has 1 aliphatic heterocycles. The first-order valence-corrected chi connectivity index (χ1v) is 12.8. The maximum Gasteiger partial charge on any atom is 0.221 e. The van der Waals surface area contributed by atoms with Crippen LogP contribution in [0.1, 0.15) is 52.4 Å². The molecule has 0 aromatic carbocycles. The van der Waals surface area contributed by atoms with Crippen LogP contribution in [0.2, 0.25) is 0 Å². The maximum atomic E-state index is 12.5. The average Bonchev–Trinajstić information content (AvgIpc) is 2.72. The minimum absolute atomic E-state index is 0. The molecule has 2 rings (SSSR count). The van der Waals surface area contributed by atoms with E-state index in [-0.39, 0.29) is 48.3 Å². The standard InChI is InChI=1S/C20H39N5O4S.HI/c1-17(2)29-15-16-30(27,28)25-13-11-24(12-14-25)20(21-3)22-10-9-19(26)23-18-7-5-4-6-8-18;/h17-18H,4-16H2,1-3H3,(H,21,22)(H,23,26);1H. The Hall–Kier alpha value is -0.660. The first-order valence-electron chi connectivity index (χ1n) is 11.2. The second-order valence-electron chi connectivity index (χ2n) is 8.25. The molecule has 1 saturated carbocycles. The molecule has 1 aliphatic carbocycles. The third-order valence-corrected chi connectivity index (χ3v) is 7.38. The van der Waals surface area contributed by atoms with E-state index in [0.717, 1.165) is 12.8 Å². The first kappa shape index (κ1) is 28.4. The van der Waals surface area contributed by atoms with Crippen molar-refractivity contribution < 1.29 is 17.9 Å². The number of amides is 1. The number of piperazine rings is 1. The van der Waals surface area contributed by atoms with Crippen LogP contribution in [-0.2, 0) is 19.6 Å². The van der Waals surface area contributed by atoms with E-state index in [1.54, 1.807) is 7.05 Å². The molecule has 1 amide bonds. The molecule has 31 heavy (non-hydrogen) atoms. The lowest BCUT2D eigenvalue weighted by molar-refractivity contribution is -0.121. The topological polar surface area (TPSA) is 103 Å². The average molecular weight is 574 g/mol. The molecule has 0 radical (unpaired) electrons. The molecule has 11 heteroatoms. The van der Waals surface area contributed by atoms with E-state index in [1.165, 1.54) is 23.6 Å². The predicted octanol–water partition coefficient (Wildman–Crippen LogP) is 1.39. The predicted molar refractivity (Wildman–Crippen MR) is 134 cm³/mol. The van der Waals surface area contributed by atoms with E-state index >= 15 is 0 Å². The van der Waals surface area contributed by atoms with Gasteiger partial charge in [0, 0.05) is 52.2 Å². The van der Waals surface area contributed by atoms with E-state index in [1.807, 2.05) is 18.7 Å². The molecule has 0 bridgehead atoms. The molecule has 0 unspecified atom stereocenters. The summed E-state index contributed by atoms with van der Waals surface area (Å²) < 4.78 is 31.8. The highest BCUT2D eigenvalue weighted by Crippen LogP contribution is 2.17. The van der Waals surface area contributed by atoms with Crippen molar-refractivity contribution in [1.82, 2.24) is 19.8 Å². The van der Waals surface area contributed by atoms with Crippen LogP contribution in [0.25, 0.3) is 0 Å². The van der Waals surface area contributed by atoms with Gasteiger partial charge in [0.15, 0.2) is 5.96 Å². The van der Waals surface area contributed by atoms with E-state index in [0.29, 0.717) is 51.1 Å². The third-order valence-electron chi connectivity index (χ3n) is 5.54. The van der Waals surface area contributed by atoms with E-state index in [2.05, 4.69) is 15.6 Å². The number of ether oxygens (including phenoxy) is 1. The normalized spacial score (nSPS) is 19.2. The zero-order valence-electron chi connectivity index (χ0n) is 19.1. The van der Waals surface area contributed by atoms with Crippen LogP contribution >= 0.6 is 24.0 Å². The molecule has 0 aromatic heterocycles. The van der Waals surface area contributed by atoms with Crippen LogP contribution < -0.4 is 10.6 Å². The van der Waals surface area contributed by atoms with Gasteiger partial charge in [-0.25, -0.2) is 8.42 Å². The second kappa shape index (κ2) is 14.5. The van der Waals surface area contributed by atoms with Gasteiger partial charge in [-0.15, -0.1) is 24.0 Å². The summed E-state index contributed by atoms with van der Waals surface area (Å²) in [6.45, 7) is 6.49. The van der Waals surface area contributed by atoms with Crippen LogP contribution in [-0.4, -0.2) is 93.8 Å². The molecule has 1 heterocycles. The molecular formula is C20H40IN5O4S. The van der Waals surface area contributed by atoms with Gasteiger partial charge in [-0.2, -0.15) is 4.31 Å². The van der Waals surface area contributed by atoms with E-state index in [9.17, 15) is 13.2 Å². The van der Waals surface area contributed by atoms with Crippen molar-refractivity contribution >= 4 is 45.9 Å². The number of carbonyl (C=O) groups excluding carboxylic acids is 1. The van der Waals surface area contributed by atoms with Gasteiger partial charge in [0.1, 0.15) is 0 Å². The van der Waals surface area contributed by atoms with E-state index < -0.39 is 10.0 Å². The highest BCUT2D eigenvalue weighted by atomic mass is 127. The number of nitrogens with one attached hydrogen (secondary N) is 2. The summed E-state index contributed by atoms with van der Waals surface area (Å²) in [7, 11) is -1.60. The number of aliphatic imine (C=N–C) groups is 1. The number of rotatable bonds is 9. The molecule has 1 saturated heterocycles. The molecule has 0 spiro atoms. The number of guanidine groups is 1. The molecule has 2 N–H and O–H groups in total. The summed E-state index contributed by atoms with van der Waals surface area (Å²) >= 11 is 0. The third kappa shape index (κ3) is 10.2. The van der Waals surface area contributed by atoms with Gasteiger partial charge in [0.05, 0.1) is 18.5 Å². The second-order valence-corrected chi connectivity index (χ2v) is 10.3. The molecule has 0 aromatic rings. The summed E-state index contributed by atoms with van der Waals surface area (Å²) in [4.78, 5) is 18.5. The summed E-state index contributed by atoms with van der Waals surface area (Å²) in [5.41, 5.74) is 0. The zero-order valence-corrected chi connectivity index (χ0v) is 22.3. The summed E-state index contributed by atoms with van der Waals surface area (Å²) in [5.74, 6) is 0.791. The summed E-state index contributed by atoms with van der Waals surface area (Å²) in [6, 6.07) is 0.325. The van der Waals surface area contributed by atoms with Gasteiger partial charge < -0.3 is 20.3 Å². The Balaban J connectivity index is 0.00000480. The van der Waals surface area contributed by atoms with Crippen molar-refractivity contribution in [3.63, 3.8) is 0 Å². The first-order chi connectivity index (χ1) is 14.3. The number of hydrogen-bond donors (Lipinski definition) is 2. The quantitative estimate of drug-likeness (QED) is 0.246. The van der Waals surface area contributed by atoms with Crippen molar-refractivity contribution in [3.05, 3.63) is 0 Å². The number of halogens is 1. The van der Waals surface area contributed by atoms with Crippen LogP contribution in [0, 0.1) is 0 Å². The van der Waals surface area contributed by atoms with Crippen molar-refractivity contribution in [3.8, 4) is 0 Å². The fraction of sp³-hybridized carbons (Fsp3) is 0.900. The van der Waals surface area contributed by atoms with E-state index in [4.69, 9.17) is 4.74 Å². The van der Waals surface area contributed by atoms with Gasteiger partial charge in [-0.1, -0.05) is 19.3 Å². The highest BCUT2D eigenvalue weighted by molar-refractivity contribution is 14.0. The van der Waals surface area contributed by atoms with Crippen LogP contribution in [0.4, 0.5) is 0 Å². The smallest absolute Gasteiger partial charge is 0.221 e. The Kier molecular flexibility index (Phi) is 13.3. The van der Waals surface area contributed by atoms with Crippen molar-refractivity contribution in [2.24, 2.45) is 4.99 Å².